The van der Waals surface area contributed by atoms with Gasteiger partial charge in [0.15, 0.2) is 5.96 Å². The van der Waals surface area contributed by atoms with E-state index in [2.05, 4.69) is 39.5 Å². The van der Waals surface area contributed by atoms with Gasteiger partial charge in [0.2, 0.25) is 0 Å². The molecule has 0 atom stereocenters. The van der Waals surface area contributed by atoms with Crippen molar-refractivity contribution in [3.63, 3.8) is 0 Å². The molecule has 0 aromatic heterocycles. The zero-order valence-electron chi connectivity index (χ0n) is 11.4. The average molecular weight is 374 g/mol. The van der Waals surface area contributed by atoms with E-state index >= 15 is 0 Å². The van der Waals surface area contributed by atoms with Crippen LogP contribution < -0.4 is 16.0 Å². The molecule has 106 valence electrons. The first-order valence-electron chi connectivity index (χ1n) is 6.60. The second kappa shape index (κ2) is 8.24. The Morgan fingerprint density at radius 1 is 1.26 bits per heavy atom. The molecule has 1 aliphatic heterocycles. The summed E-state index contributed by atoms with van der Waals surface area (Å²) in [6.45, 7) is 3.05. The van der Waals surface area contributed by atoms with Gasteiger partial charge in [0.05, 0.1) is 0 Å². The zero-order valence-corrected chi connectivity index (χ0v) is 13.8. The van der Waals surface area contributed by atoms with Crippen molar-refractivity contribution in [3.8, 4) is 0 Å². The third kappa shape index (κ3) is 4.56. The van der Waals surface area contributed by atoms with E-state index in [9.17, 15) is 0 Å². The molecule has 1 aromatic rings. The van der Waals surface area contributed by atoms with Gasteiger partial charge in [-0.25, -0.2) is 0 Å². The van der Waals surface area contributed by atoms with E-state index in [-0.39, 0.29) is 24.0 Å². The number of anilines is 1. The van der Waals surface area contributed by atoms with Gasteiger partial charge in [-0.2, -0.15) is 0 Å². The van der Waals surface area contributed by atoms with E-state index in [0.717, 1.165) is 19.6 Å². The molecule has 0 aliphatic carbocycles. The SMILES string of the molecule is CN=C(N)NCc1ccccc1N1CCCCC1.I. The van der Waals surface area contributed by atoms with E-state index < -0.39 is 0 Å². The summed E-state index contributed by atoms with van der Waals surface area (Å²) in [7, 11) is 1.69. The Labute approximate surface area is 132 Å². The number of halogens is 1. The first-order chi connectivity index (χ1) is 8.81. The van der Waals surface area contributed by atoms with E-state index in [1.807, 2.05) is 0 Å². The largest absolute Gasteiger partial charge is 0.371 e. The standard InChI is InChI=1S/C14H22N4.HI/c1-16-14(15)17-11-12-7-3-4-8-13(12)18-9-5-2-6-10-18;/h3-4,7-8H,2,5-6,9-11H2,1H3,(H3,15,16,17);1H. The molecule has 4 nitrogen and oxygen atoms in total. The lowest BCUT2D eigenvalue weighted by atomic mass is 10.1. The van der Waals surface area contributed by atoms with Crippen LogP contribution in [0.2, 0.25) is 0 Å². The molecule has 0 amide bonds. The van der Waals surface area contributed by atoms with Gasteiger partial charge >= 0.3 is 0 Å². The number of nitrogens with one attached hydrogen (secondary N) is 1. The van der Waals surface area contributed by atoms with Gasteiger partial charge in [-0.1, -0.05) is 18.2 Å². The van der Waals surface area contributed by atoms with Gasteiger partial charge in [0.1, 0.15) is 0 Å². The van der Waals surface area contributed by atoms with Gasteiger partial charge < -0.3 is 16.0 Å². The molecule has 1 fully saturated rings. The molecule has 19 heavy (non-hydrogen) atoms. The van der Waals surface area contributed by atoms with Crippen molar-refractivity contribution in [1.29, 1.82) is 0 Å². The lowest BCUT2D eigenvalue weighted by molar-refractivity contribution is 0.576. The highest BCUT2D eigenvalue weighted by Crippen LogP contribution is 2.23. The smallest absolute Gasteiger partial charge is 0.188 e. The summed E-state index contributed by atoms with van der Waals surface area (Å²) in [5.74, 6) is 0.489. The van der Waals surface area contributed by atoms with Gasteiger partial charge in [-0.15, -0.1) is 24.0 Å². The molecule has 1 saturated heterocycles. The topological polar surface area (TPSA) is 53.6 Å². The maximum absolute atomic E-state index is 5.67. The number of rotatable bonds is 3. The Balaban J connectivity index is 0.00000180. The molecule has 5 heteroatoms. The molecule has 1 aromatic carbocycles. The number of nitrogens with two attached hydrogens (primary N) is 1. The number of benzene rings is 1. The van der Waals surface area contributed by atoms with Crippen LogP contribution in [0.5, 0.6) is 0 Å². The number of hydrogen-bond acceptors (Lipinski definition) is 2. The number of nitrogens with zero attached hydrogens (tertiary/aromatic N) is 2. The minimum atomic E-state index is 0. The fraction of sp³-hybridized carbons (Fsp3) is 0.500. The molecule has 0 saturated carbocycles. The Kier molecular flexibility index (Phi) is 6.97. The Morgan fingerprint density at radius 2 is 1.95 bits per heavy atom. The van der Waals surface area contributed by atoms with Gasteiger partial charge in [-0.3, -0.25) is 4.99 Å². The Bertz CT molecular complexity index is 414. The van der Waals surface area contributed by atoms with Crippen molar-refractivity contribution in [1.82, 2.24) is 5.32 Å². The lowest BCUT2D eigenvalue weighted by Gasteiger charge is -2.30. The van der Waals surface area contributed by atoms with E-state index in [1.165, 1.54) is 30.5 Å². The maximum Gasteiger partial charge on any atom is 0.188 e. The highest BCUT2D eigenvalue weighted by atomic mass is 127. The van der Waals surface area contributed by atoms with Gasteiger partial charge in [-0.05, 0) is 30.9 Å². The summed E-state index contributed by atoms with van der Waals surface area (Å²) >= 11 is 0. The van der Waals surface area contributed by atoms with Crippen LogP contribution in [0.4, 0.5) is 5.69 Å². The monoisotopic (exact) mass is 374 g/mol. The fourth-order valence-corrected chi connectivity index (χ4v) is 2.37. The third-order valence-corrected chi connectivity index (χ3v) is 3.39. The van der Waals surface area contributed by atoms with E-state index in [1.54, 1.807) is 7.05 Å². The average Bonchev–Trinajstić information content (AvgIpc) is 2.46. The van der Waals surface area contributed by atoms with E-state index in [0.29, 0.717) is 5.96 Å². The van der Waals surface area contributed by atoms with Crippen molar-refractivity contribution < 1.29 is 0 Å². The van der Waals surface area contributed by atoms with Crippen LogP contribution in [0.1, 0.15) is 24.8 Å². The molecule has 3 N–H and O–H groups in total. The van der Waals surface area contributed by atoms with Crippen molar-refractivity contribution >= 4 is 35.6 Å². The van der Waals surface area contributed by atoms with Crippen molar-refractivity contribution in [2.75, 3.05) is 25.0 Å². The predicted octanol–water partition coefficient (Wildman–Crippen LogP) is 2.33. The van der Waals surface area contributed by atoms with Crippen LogP contribution in [-0.4, -0.2) is 26.1 Å². The second-order valence-corrected chi connectivity index (χ2v) is 4.64. The highest BCUT2D eigenvalue weighted by molar-refractivity contribution is 14.0. The number of para-hydroxylation sites is 1. The first kappa shape index (κ1) is 16.1. The molecule has 1 aliphatic rings. The highest BCUT2D eigenvalue weighted by Gasteiger charge is 2.13. The molecule has 0 radical (unpaired) electrons. The van der Waals surface area contributed by atoms with Crippen LogP contribution in [0.25, 0.3) is 0 Å². The molecular formula is C14H23IN4. The molecular weight excluding hydrogens is 351 g/mol. The van der Waals surface area contributed by atoms with Crippen molar-refractivity contribution in [2.24, 2.45) is 10.7 Å². The summed E-state index contributed by atoms with van der Waals surface area (Å²) in [6, 6.07) is 8.52. The van der Waals surface area contributed by atoms with E-state index in [4.69, 9.17) is 5.73 Å². The second-order valence-electron chi connectivity index (χ2n) is 4.64. The fourth-order valence-electron chi connectivity index (χ4n) is 2.37. The summed E-state index contributed by atoms with van der Waals surface area (Å²) in [6.07, 6.45) is 3.94. The first-order valence-corrected chi connectivity index (χ1v) is 6.60. The Hall–Kier alpha value is -0.980. The number of hydrogen-bond donors (Lipinski definition) is 2. The summed E-state index contributed by atoms with van der Waals surface area (Å²) in [5.41, 5.74) is 8.29. The van der Waals surface area contributed by atoms with Crippen LogP contribution >= 0.6 is 24.0 Å². The predicted molar refractivity (Wildman–Crippen MR) is 92.3 cm³/mol. The third-order valence-electron chi connectivity index (χ3n) is 3.39. The minimum absolute atomic E-state index is 0. The van der Waals surface area contributed by atoms with Crippen LogP contribution in [0.3, 0.4) is 0 Å². The number of aliphatic imine (C=N–C) groups is 1. The molecule has 0 unspecified atom stereocenters. The summed E-state index contributed by atoms with van der Waals surface area (Å²) in [5, 5.41) is 3.13. The van der Waals surface area contributed by atoms with Crippen LogP contribution in [0, 0.1) is 0 Å². The molecule has 0 spiro atoms. The van der Waals surface area contributed by atoms with Crippen LogP contribution in [-0.2, 0) is 6.54 Å². The molecule has 2 rings (SSSR count). The summed E-state index contributed by atoms with van der Waals surface area (Å²) < 4.78 is 0. The van der Waals surface area contributed by atoms with Crippen molar-refractivity contribution in [3.05, 3.63) is 29.8 Å². The number of guanidine groups is 1. The lowest BCUT2D eigenvalue weighted by Crippen LogP contribution is -2.33. The van der Waals surface area contributed by atoms with Crippen LogP contribution in [0.15, 0.2) is 29.3 Å². The summed E-state index contributed by atoms with van der Waals surface area (Å²) in [4.78, 5) is 6.39. The molecule has 0 bridgehead atoms. The maximum atomic E-state index is 5.67. The molecule has 1 heterocycles. The van der Waals surface area contributed by atoms with Gasteiger partial charge in [0.25, 0.3) is 0 Å². The minimum Gasteiger partial charge on any atom is -0.371 e. The Morgan fingerprint density at radius 3 is 2.63 bits per heavy atom. The number of piperidine rings is 1. The quantitative estimate of drug-likeness (QED) is 0.485. The van der Waals surface area contributed by atoms with Gasteiger partial charge in [0, 0.05) is 32.4 Å². The zero-order chi connectivity index (χ0) is 12.8. The normalized spacial score (nSPS) is 15.8. The van der Waals surface area contributed by atoms with Crippen molar-refractivity contribution in [2.45, 2.75) is 25.8 Å².